The third kappa shape index (κ3) is 3.31. The molecule has 3 nitrogen and oxygen atoms in total. The summed E-state index contributed by atoms with van der Waals surface area (Å²) >= 11 is 18.2. The van der Waals surface area contributed by atoms with Gasteiger partial charge in [-0.2, -0.15) is 5.10 Å². The van der Waals surface area contributed by atoms with E-state index in [9.17, 15) is 4.39 Å². The van der Waals surface area contributed by atoms with E-state index in [0.29, 0.717) is 16.5 Å². The van der Waals surface area contributed by atoms with Crippen molar-refractivity contribution in [2.24, 2.45) is 0 Å². The van der Waals surface area contributed by atoms with Crippen LogP contribution in [0.4, 0.5) is 4.39 Å². The summed E-state index contributed by atoms with van der Waals surface area (Å²) in [6.45, 7) is 1.69. The Morgan fingerprint density at radius 3 is 2.29 bits per heavy atom. The van der Waals surface area contributed by atoms with Crippen molar-refractivity contribution in [3.05, 3.63) is 69.2 Å². The summed E-state index contributed by atoms with van der Waals surface area (Å²) in [5.41, 5.74) is 0.817. The van der Waals surface area contributed by atoms with E-state index < -0.39 is 5.82 Å². The first-order valence-electron chi connectivity index (χ1n) is 6.88. The Kier molecular flexibility index (Phi) is 4.90. The maximum atomic E-state index is 14.4. The van der Waals surface area contributed by atoms with E-state index in [1.54, 1.807) is 37.3 Å². The van der Waals surface area contributed by atoms with Crippen LogP contribution in [0.5, 0.6) is 11.5 Å². The first kappa shape index (κ1) is 17.0. The Bertz CT molecular complexity index is 881. The molecular weight excluding hydrogens is 374 g/mol. The lowest BCUT2D eigenvalue weighted by Crippen LogP contribution is -2.00. The van der Waals surface area contributed by atoms with Gasteiger partial charge >= 0.3 is 0 Å². The summed E-state index contributed by atoms with van der Waals surface area (Å²) in [6, 6.07) is 11.1. The van der Waals surface area contributed by atoms with Crippen LogP contribution < -0.4 is 4.74 Å². The zero-order chi connectivity index (χ0) is 17.3. The normalized spacial score (nSPS) is 10.7. The van der Waals surface area contributed by atoms with E-state index in [2.05, 4.69) is 10.2 Å². The molecule has 0 aliphatic rings. The number of hydrogen-bond acceptors (Lipinski definition) is 3. The predicted octanol–water partition coefficient (Wildman–Crippen LogP) is 6.34. The van der Waals surface area contributed by atoms with Gasteiger partial charge in [0.15, 0.2) is 10.9 Å². The van der Waals surface area contributed by atoms with Gasteiger partial charge in [0.25, 0.3) is 0 Å². The number of nitrogens with zero attached hydrogens (tertiary/aromatic N) is 2. The molecule has 0 radical (unpaired) electrons. The first-order chi connectivity index (χ1) is 11.5. The molecule has 0 spiro atoms. The topological polar surface area (TPSA) is 35.0 Å². The summed E-state index contributed by atoms with van der Waals surface area (Å²) in [6.07, 6.45) is 0. The molecule has 0 saturated carbocycles. The highest BCUT2D eigenvalue weighted by atomic mass is 35.5. The minimum Gasteiger partial charge on any atom is -0.455 e. The summed E-state index contributed by atoms with van der Waals surface area (Å²) in [4.78, 5) is 0. The summed E-state index contributed by atoms with van der Waals surface area (Å²) in [5.74, 6) is 0.252. The molecule has 1 aromatic heterocycles. The number of ether oxygens (including phenoxy) is 1. The molecule has 1 heterocycles. The van der Waals surface area contributed by atoms with Crippen molar-refractivity contribution in [1.82, 2.24) is 10.2 Å². The fourth-order valence-electron chi connectivity index (χ4n) is 2.19. The third-order valence-electron chi connectivity index (χ3n) is 3.30. The maximum absolute atomic E-state index is 14.4. The Hall–Kier alpha value is -1.88. The van der Waals surface area contributed by atoms with Crippen LogP contribution in [0.1, 0.15) is 5.69 Å². The highest BCUT2D eigenvalue weighted by Gasteiger charge is 2.22. The molecular formula is C17H10Cl3FN2O. The molecule has 0 bridgehead atoms. The summed E-state index contributed by atoms with van der Waals surface area (Å²) in [5, 5.41) is 8.55. The molecule has 24 heavy (non-hydrogen) atoms. The van der Waals surface area contributed by atoms with Crippen molar-refractivity contribution in [3.8, 4) is 22.6 Å². The average molecular weight is 384 g/mol. The second-order valence-electron chi connectivity index (χ2n) is 4.93. The molecule has 0 fully saturated rings. The van der Waals surface area contributed by atoms with Gasteiger partial charge < -0.3 is 4.74 Å². The highest BCUT2D eigenvalue weighted by Crippen LogP contribution is 2.43. The molecule has 0 atom stereocenters. The fourth-order valence-corrected chi connectivity index (χ4v) is 2.79. The Morgan fingerprint density at radius 2 is 1.62 bits per heavy atom. The van der Waals surface area contributed by atoms with E-state index in [-0.39, 0.29) is 27.1 Å². The fraction of sp³-hybridized carbons (Fsp3) is 0.0588. The molecule has 0 aliphatic heterocycles. The van der Waals surface area contributed by atoms with Gasteiger partial charge in [-0.05, 0) is 43.3 Å². The van der Waals surface area contributed by atoms with E-state index >= 15 is 0 Å². The van der Waals surface area contributed by atoms with Crippen molar-refractivity contribution >= 4 is 34.8 Å². The SMILES string of the molecule is Cc1nnc(Cl)c(-c2c(F)cccc2Cl)c1Oc1ccc(Cl)cc1. The number of aryl methyl sites for hydroxylation is 1. The van der Waals surface area contributed by atoms with Gasteiger partial charge in [-0.25, -0.2) is 4.39 Å². The van der Waals surface area contributed by atoms with Crippen molar-refractivity contribution in [1.29, 1.82) is 0 Å². The lowest BCUT2D eigenvalue weighted by atomic mass is 10.1. The van der Waals surface area contributed by atoms with Crippen LogP contribution in [0.3, 0.4) is 0 Å². The van der Waals surface area contributed by atoms with Gasteiger partial charge in [0, 0.05) is 10.6 Å². The number of halogens is 4. The minimum atomic E-state index is -0.530. The van der Waals surface area contributed by atoms with Crippen molar-refractivity contribution in [3.63, 3.8) is 0 Å². The Labute approximate surface area is 153 Å². The second-order valence-corrected chi connectivity index (χ2v) is 6.13. The van der Waals surface area contributed by atoms with Gasteiger partial charge in [0.2, 0.25) is 0 Å². The molecule has 0 amide bonds. The van der Waals surface area contributed by atoms with Crippen molar-refractivity contribution in [2.45, 2.75) is 6.92 Å². The maximum Gasteiger partial charge on any atom is 0.163 e. The number of rotatable bonds is 3. The smallest absolute Gasteiger partial charge is 0.163 e. The average Bonchev–Trinajstić information content (AvgIpc) is 2.55. The summed E-state index contributed by atoms with van der Waals surface area (Å²) < 4.78 is 20.2. The van der Waals surface area contributed by atoms with Crippen molar-refractivity contribution in [2.75, 3.05) is 0 Å². The van der Waals surface area contributed by atoms with E-state index in [1.165, 1.54) is 12.1 Å². The molecule has 0 unspecified atom stereocenters. The third-order valence-corrected chi connectivity index (χ3v) is 4.13. The van der Waals surface area contributed by atoms with E-state index in [4.69, 9.17) is 39.5 Å². The standard InChI is InChI=1S/C17H10Cl3FN2O/c1-9-16(24-11-7-5-10(18)6-8-11)15(17(20)23-22-9)14-12(19)3-2-4-13(14)21/h2-8H,1H3. The van der Waals surface area contributed by atoms with E-state index in [1.807, 2.05) is 0 Å². The van der Waals surface area contributed by atoms with Crippen LogP contribution in [0.25, 0.3) is 11.1 Å². The van der Waals surface area contributed by atoms with Gasteiger partial charge in [-0.3, -0.25) is 0 Å². The summed E-state index contributed by atoms with van der Waals surface area (Å²) in [7, 11) is 0. The van der Waals surface area contributed by atoms with Crippen molar-refractivity contribution < 1.29 is 9.13 Å². The minimum absolute atomic E-state index is 0.00318. The van der Waals surface area contributed by atoms with Gasteiger partial charge in [0.05, 0.1) is 10.6 Å². The van der Waals surface area contributed by atoms with Crippen LogP contribution in [-0.4, -0.2) is 10.2 Å². The van der Waals surface area contributed by atoms with Gasteiger partial charge in [-0.1, -0.05) is 40.9 Å². The zero-order valence-electron chi connectivity index (χ0n) is 12.4. The molecule has 7 heteroatoms. The number of aromatic nitrogens is 2. The van der Waals surface area contributed by atoms with Crippen LogP contribution in [-0.2, 0) is 0 Å². The number of hydrogen-bond donors (Lipinski definition) is 0. The zero-order valence-corrected chi connectivity index (χ0v) is 14.6. The van der Waals surface area contributed by atoms with Gasteiger partial charge in [0.1, 0.15) is 17.3 Å². The highest BCUT2D eigenvalue weighted by molar-refractivity contribution is 6.36. The molecule has 0 aliphatic carbocycles. The molecule has 2 aromatic carbocycles. The monoisotopic (exact) mass is 382 g/mol. The molecule has 122 valence electrons. The lowest BCUT2D eigenvalue weighted by molar-refractivity contribution is 0.475. The molecule has 3 rings (SSSR count). The lowest BCUT2D eigenvalue weighted by Gasteiger charge is -2.15. The van der Waals surface area contributed by atoms with Crippen LogP contribution in [0, 0.1) is 12.7 Å². The van der Waals surface area contributed by atoms with Crippen LogP contribution >= 0.6 is 34.8 Å². The van der Waals surface area contributed by atoms with Gasteiger partial charge in [-0.15, -0.1) is 5.10 Å². The quantitative estimate of drug-likeness (QED) is 0.529. The van der Waals surface area contributed by atoms with Crippen LogP contribution in [0.2, 0.25) is 15.2 Å². The second kappa shape index (κ2) is 6.93. The Morgan fingerprint density at radius 1 is 0.917 bits per heavy atom. The van der Waals surface area contributed by atoms with Crippen LogP contribution in [0.15, 0.2) is 42.5 Å². The number of benzene rings is 2. The predicted molar refractivity (Wildman–Crippen MR) is 93.7 cm³/mol. The molecule has 3 aromatic rings. The molecule has 0 saturated heterocycles. The largest absolute Gasteiger partial charge is 0.455 e. The van der Waals surface area contributed by atoms with E-state index in [0.717, 1.165) is 0 Å². The molecule has 0 N–H and O–H groups in total. The Balaban J connectivity index is 2.19. The first-order valence-corrected chi connectivity index (χ1v) is 8.01.